The van der Waals surface area contributed by atoms with Crippen LogP contribution in [0.25, 0.3) is 0 Å². The van der Waals surface area contributed by atoms with Gasteiger partial charge in [0.1, 0.15) is 19.7 Å². The van der Waals surface area contributed by atoms with Crippen molar-refractivity contribution >= 4 is 11.6 Å². The molecule has 0 N–H and O–H groups in total. The second-order valence-corrected chi connectivity index (χ2v) is 7.41. The van der Waals surface area contributed by atoms with Gasteiger partial charge >= 0.3 is 0 Å². The van der Waals surface area contributed by atoms with E-state index in [4.69, 9.17) is 21.6 Å². The summed E-state index contributed by atoms with van der Waals surface area (Å²) in [7, 11) is 0. The average Bonchev–Trinajstić information content (AvgIpc) is 2.61. The monoisotopic (exact) mass is 349 g/mol. The van der Waals surface area contributed by atoms with Crippen molar-refractivity contribution in [3.63, 3.8) is 0 Å². The van der Waals surface area contributed by atoms with Crippen molar-refractivity contribution in [2.24, 2.45) is 0 Å². The number of hydrogen-bond donors (Lipinski definition) is 0. The van der Waals surface area contributed by atoms with E-state index in [1.165, 1.54) is 44.1 Å². The standard InChI is InChI=1S/C20H30ClN2O/c1-2-3-4-5-6-7-12-23(13-14-24-17-20(23)21)16-19-10-8-18(15-22)9-11-19/h8-11,20H,2-7,12-14,16-17H2,1H3/q+1. The molecule has 0 amide bonds. The highest BCUT2D eigenvalue weighted by atomic mass is 35.5. The molecule has 132 valence electrons. The van der Waals surface area contributed by atoms with Crippen molar-refractivity contribution in [2.45, 2.75) is 57.5 Å². The first-order valence-electron chi connectivity index (χ1n) is 9.27. The predicted molar refractivity (Wildman–Crippen MR) is 98.7 cm³/mol. The lowest BCUT2D eigenvalue weighted by atomic mass is 10.1. The minimum Gasteiger partial charge on any atom is -0.368 e. The zero-order valence-electron chi connectivity index (χ0n) is 14.8. The van der Waals surface area contributed by atoms with Crippen LogP contribution in [0.2, 0.25) is 0 Å². The fourth-order valence-electron chi connectivity index (χ4n) is 3.49. The van der Waals surface area contributed by atoms with Crippen molar-refractivity contribution in [1.82, 2.24) is 0 Å². The molecule has 0 saturated carbocycles. The third-order valence-corrected chi connectivity index (χ3v) is 5.61. The van der Waals surface area contributed by atoms with Gasteiger partial charge in [-0.3, -0.25) is 0 Å². The highest BCUT2D eigenvalue weighted by molar-refractivity contribution is 6.19. The van der Waals surface area contributed by atoms with E-state index >= 15 is 0 Å². The Morgan fingerprint density at radius 1 is 1.17 bits per heavy atom. The van der Waals surface area contributed by atoms with Crippen molar-refractivity contribution in [3.05, 3.63) is 35.4 Å². The lowest BCUT2D eigenvalue weighted by Gasteiger charge is -2.45. The van der Waals surface area contributed by atoms with Crippen LogP contribution in [0.15, 0.2) is 24.3 Å². The summed E-state index contributed by atoms with van der Waals surface area (Å²) >= 11 is 6.71. The molecule has 1 aliphatic rings. The van der Waals surface area contributed by atoms with E-state index in [9.17, 15) is 0 Å². The highest BCUT2D eigenvalue weighted by Gasteiger charge is 2.38. The Kier molecular flexibility index (Phi) is 8.05. The van der Waals surface area contributed by atoms with Crippen LogP contribution in [0.3, 0.4) is 0 Å². The molecule has 0 radical (unpaired) electrons. The van der Waals surface area contributed by atoms with Crippen LogP contribution in [0.1, 0.15) is 56.6 Å². The van der Waals surface area contributed by atoms with Crippen molar-refractivity contribution < 1.29 is 9.22 Å². The minimum absolute atomic E-state index is 0.0186. The zero-order chi connectivity index (χ0) is 17.3. The van der Waals surface area contributed by atoms with E-state index in [1.54, 1.807) is 0 Å². The van der Waals surface area contributed by atoms with Gasteiger partial charge in [0.15, 0.2) is 5.50 Å². The molecule has 1 aromatic rings. The predicted octanol–water partition coefficient (Wildman–Crippen LogP) is 4.83. The topological polar surface area (TPSA) is 33.0 Å². The van der Waals surface area contributed by atoms with Crippen LogP contribution in [-0.4, -0.2) is 36.3 Å². The van der Waals surface area contributed by atoms with E-state index < -0.39 is 0 Å². The van der Waals surface area contributed by atoms with Gasteiger partial charge in [-0.05, 0) is 25.0 Å². The second kappa shape index (κ2) is 10.0. The SMILES string of the molecule is CCCCCCCC[N+]1(Cc2ccc(C#N)cc2)CCOCC1Cl. The molecule has 2 rings (SSSR count). The normalized spacial score (nSPS) is 23.8. The maximum atomic E-state index is 8.96. The fraction of sp³-hybridized carbons (Fsp3) is 0.650. The molecule has 0 bridgehead atoms. The van der Waals surface area contributed by atoms with E-state index in [-0.39, 0.29) is 5.50 Å². The van der Waals surface area contributed by atoms with Gasteiger partial charge in [0.25, 0.3) is 0 Å². The van der Waals surface area contributed by atoms with Gasteiger partial charge in [-0.2, -0.15) is 5.26 Å². The number of quaternary nitrogens is 1. The fourth-order valence-corrected chi connectivity index (χ4v) is 3.84. The lowest BCUT2D eigenvalue weighted by molar-refractivity contribution is -0.959. The summed E-state index contributed by atoms with van der Waals surface area (Å²) in [6, 6.07) is 10.1. The first-order chi connectivity index (χ1) is 11.7. The molecular formula is C20H30ClN2O+. The van der Waals surface area contributed by atoms with Crippen molar-refractivity contribution in [1.29, 1.82) is 5.26 Å². The van der Waals surface area contributed by atoms with Gasteiger partial charge in [-0.15, -0.1) is 0 Å². The molecule has 4 heteroatoms. The number of morpholine rings is 1. The number of unbranched alkanes of at least 4 members (excludes halogenated alkanes) is 5. The second-order valence-electron chi connectivity index (χ2n) is 6.91. The van der Waals surface area contributed by atoms with Crippen LogP contribution in [-0.2, 0) is 11.3 Å². The Bertz CT molecular complexity index is 525. The molecule has 2 atom stereocenters. The molecular weight excluding hydrogens is 320 g/mol. The third-order valence-electron chi connectivity index (χ3n) is 5.07. The third kappa shape index (κ3) is 5.48. The van der Waals surface area contributed by atoms with Crippen LogP contribution in [0.5, 0.6) is 0 Å². The zero-order valence-corrected chi connectivity index (χ0v) is 15.6. The number of benzene rings is 1. The van der Waals surface area contributed by atoms with E-state index in [0.29, 0.717) is 12.2 Å². The van der Waals surface area contributed by atoms with Gasteiger partial charge in [0.05, 0.1) is 24.8 Å². The van der Waals surface area contributed by atoms with Crippen LogP contribution >= 0.6 is 11.6 Å². The summed E-state index contributed by atoms with van der Waals surface area (Å²) in [4.78, 5) is 0. The molecule has 1 aliphatic heterocycles. The Balaban J connectivity index is 1.96. The number of hydrogen-bond acceptors (Lipinski definition) is 2. The van der Waals surface area contributed by atoms with Gasteiger partial charge in [0.2, 0.25) is 0 Å². The number of alkyl halides is 1. The molecule has 24 heavy (non-hydrogen) atoms. The maximum absolute atomic E-state index is 8.96. The molecule has 1 saturated heterocycles. The van der Waals surface area contributed by atoms with E-state index in [0.717, 1.165) is 30.7 Å². The molecule has 0 spiro atoms. The first-order valence-corrected chi connectivity index (χ1v) is 9.70. The minimum atomic E-state index is 0.0186. The number of nitrogens with zero attached hydrogens (tertiary/aromatic N) is 2. The summed E-state index contributed by atoms with van der Waals surface area (Å²) in [6.45, 7) is 6.69. The highest BCUT2D eigenvalue weighted by Crippen LogP contribution is 2.27. The summed E-state index contributed by atoms with van der Waals surface area (Å²) in [5.74, 6) is 0. The number of rotatable bonds is 9. The van der Waals surface area contributed by atoms with Crippen LogP contribution < -0.4 is 0 Å². The summed E-state index contributed by atoms with van der Waals surface area (Å²) in [5.41, 5.74) is 1.99. The molecule has 1 fully saturated rings. The smallest absolute Gasteiger partial charge is 0.188 e. The van der Waals surface area contributed by atoms with Gasteiger partial charge in [0, 0.05) is 5.56 Å². The van der Waals surface area contributed by atoms with Gasteiger partial charge in [-0.25, -0.2) is 0 Å². The molecule has 3 nitrogen and oxygen atoms in total. The average molecular weight is 350 g/mol. The van der Waals surface area contributed by atoms with E-state index in [2.05, 4.69) is 25.1 Å². The molecule has 2 unspecified atom stereocenters. The van der Waals surface area contributed by atoms with Crippen molar-refractivity contribution in [2.75, 3.05) is 26.3 Å². The molecule has 1 aromatic carbocycles. The van der Waals surface area contributed by atoms with Crippen LogP contribution in [0.4, 0.5) is 0 Å². The number of halogens is 1. The number of ether oxygens (including phenoxy) is 1. The van der Waals surface area contributed by atoms with Crippen LogP contribution in [0, 0.1) is 11.3 Å². The quantitative estimate of drug-likeness (QED) is 0.277. The summed E-state index contributed by atoms with van der Waals surface area (Å²) < 4.78 is 6.48. The van der Waals surface area contributed by atoms with Gasteiger partial charge < -0.3 is 9.22 Å². The Labute approximate surface area is 151 Å². The lowest BCUT2D eigenvalue weighted by Crippen LogP contribution is -2.59. The van der Waals surface area contributed by atoms with E-state index in [1.807, 2.05) is 12.1 Å². The molecule has 0 aliphatic carbocycles. The Hall–Kier alpha value is -1.08. The Morgan fingerprint density at radius 2 is 1.88 bits per heavy atom. The maximum Gasteiger partial charge on any atom is 0.188 e. The Morgan fingerprint density at radius 3 is 2.54 bits per heavy atom. The molecule has 0 aromatic heterocycles. The number of nitriles is 1. The largest absolute Gasteiger partial charge is 0.368 e. The molecule has 1 heterocycles. The summed E-state index contributed by atoms with van der Waals surface area (Å²) in [5, 5.41) is 8.96. The van der Waals surface area contributed by atoms with Crippen molar-refractivity contribution in [3.8, 4) is 6.07 Å². The first kappa shape index (κ1) is 19.2. The van der Waals surface area contributed by atoms with Gasteiger partial charge in [-0.1, -0.05) is 56.3 Å². The summed E-state index contributed by atoms with van der Waals surface area (Å²) in [6.07, 6.45) is 7.83.